The van der Waals surface area contributed by atoms with Crippen molar-refractivity contribution < 1.29 is 28.9 Å². The average molecular weight is 509 g/mol. The molecule has 1 N–H and O–H groups in total. The van der Waals surface area contributed by atoms with Crippen molar-refractivity contribution in [2.75, 3.05) is 20.8 Å². The summed E-state index contributed by atoms with van der Waals surface area (Å²) >= 11 is 0. The second kappa shape index (κ2) is 10.6. The van der Waals surface area contributed by atoms with Gasteiger partial charge in [0.25, 0.3) is 0 Å². The Morgan fingerprint density at radius 1 is 1.11 bits per heavy atom. The highest BCUT2D eigenvalue weighted by Crippen LogP contribution is 2.38. The van der Waals surface area contributed by atoms with Gasteiger partial charge in [-0.25, -0.2) is 9.59 Å². The predicted molar refractivity (Wildman–Crippen MR) is 141 cm³/mol. The number of fused-ring (bicyclic) bond motifs is 1. The zero-order valence-corrected chi connectivity index (χ0v) is 22.4. The molecule has 1 aliphatic heterocycles. The largest absolute Gasteiger partial charge is 0.496 e. The standard InChI is InChI=1S/C29H36N2O6/c1-18-15-25(35-5)23(22-12-14-31(26(18)22)28(34)37-29(2,3)4)17-30-13-11-21(32)16-24(30)19-7-9-20(10-8-19)27(33)36-6/h7-10,12,14-15,21,24,32H,11,13,16-17H2,1-6H3/t21?,24-/m0/s1. The van der Waals surface area contributed by atoms with Gasteiger partial charge < -0.3 is 19.3 Å². The highest BCUT2D eigenvalue weighted by Gasteiger charge is 2.31. The predicted octanol–water partition coefficient (Wildman–Crippen LogP) is 5.23. The van der Waals surface area contributed by atoms with E-state index in [1.165, 1.54) is 7.11 Å². The molecule has 0 spiro atoms. The van der Waals surface area contributed by atoms with Crippen molar-refractivity contribution in [3.05, 3.63) is 64.8 Å². The third-order valence-corrected chi connectivity index (χ3v) is 6.80. The number of methoxy groups -OCH3 is 2. The minimum absolute atomic E-state index is 0.0514. The molecule has 4 rings (SSSR count). The summed E-state index contributed by atoms with van der Waals surface area (Å²) < 4.78 is 17.8. The lowest BCUT2D eigenvalue weighted by Crippen LogP contribution is -2.38. The number of benzene rings is 2. The second-order valence-corrected chi connectivity index (χ2v) is 10.6. The summed E-state index contributed by atoms with van der Waals surface area (Å²) in [6.07, 6.45) is 2.15. The van der Waals surface area contributed by atoms with E-state index in [4.69, 9.17) is 14.2 Å². The highest BCUT2D eigenvalue weighted by atomic mass is 16.6. The molecule has 1 aromatic heterocycles. The number of aryl methyl sites for hydroxylation is 1. The maximum absolute atomic E-state index is 13.0. The van der Waals surface area contributed by atoms with Crippen LogP contribution in [0.4, 0.5) is 4.79 Å². The average Bonchev–Trinajstić information content (AvgIpc) is 3.31. The first kappa shape index (κ1) is 26.7. The van der Waals surface area contributed by atoms with Gasteiger partial charge in [0.2, 0.25) is 0 Å². The number of ether oxygens (including phenoxy) is 3. The Bertz CT molecular complexity index is 1290. The van der Waals surface area contributed by atoms with Gasteiger partial charge in [-0.15, -0.1) is 0 Å². The molecule has 37 heavy (non-hydrogen) atoms. The molecule has 198 valence electrons. The monoisotopic (exact) mass is 508 g/mol. The van der Waals surface area contributed by atoms with Crippen LogP contribution in [0.5, 0.6) is 5.75 Å². The van der Waals surface area contributed by atoms with Crippen molar-refractivity contribution in [1.82, 2.24) is 9.47 Å². The summed E-state index contributed by atoms with van der Waals surface area (Å²) in [5.41, 5.74) is 3.57. The molecule has 0 radical (unpaired) electrons. The third-order valence-electron chi connectivity index (χ3n) is 6.80. The molecule has 0 aliphatic carbocycles. The Hall–Kier alpha value is -3.36. The van der Waals surface area contributed by atoms with Gasteiger partial charge in [0.05, 0.1) is 31.4 Å². The Balaban J connectivity index is 1.72. The van der Waals surface area contributed by atoms with Crippen molar-refractivity contribution in [1.29, 1.82) is 0 Å². The summed E-state index contributed by atoms with van der Waals surface area (Å²) in [4.78, 5) is 27.2. The number of carbonyl (C=O) groups excluding carboxylic acids is 2. The van der Waals surface area contributed by atoms with Gasteiger partial charge in [-0.3, -0.25) is 9.47 Å². The van der Waals surface area contributed by atoms with Gasteiger partial charge in [0, 0.05) is 36.3 Å². The maximum atomic E-state index is 13.0. The molecule has 0 amide bonds. The zero-order chi connectivity index (χ0) is 26.9. The van der Waals surface area contributed by atoms with Crippen LogP contribution in [0.1, 0.15) is 66.7 Å². The van der Waals surface area contributed by atoms with Crippen molar-refractivity contribution in [2.24, 2.45) is 0 Å². The van der Waals surface area contributed by atoms with Gasteiger partial charge in [-0.2, -0.15) is 0 Å². The summed E-state index contributed by atoms with van der Waals surface area (Å²) in [7, 11) is 3.01. The van der Waals surface area contributed by atoms with Crippen LogP contribution in [0.3, 0.4) is 0 Å². The first-order valence-electron chi connectivity index (χ1n) is 12.5. The molecule has 8 nitrogen and oxygen atoms in total. The van der Waals surface area contributed by atoms with Crippen LogP contribution >= 0.6 is 0 Å². The number of carbonyl (C=O) groups is 2. The maximum Gasteiger partial charge on any atom is 0.419 e. The van der Waals surface area contributed by atoms with E-state index < -0.39 is 17.8 Å². The smallest absolute Gasteiger partial charge is 0.419 e. The lowest BCUT2D eigenvalue weighted by molar-refractivity contribution is 0.0362. The molecule has 2 atom stereocenters. The highest BCUT2D eigenvalue weighted by molar-refractivity contribution is 5.95. The van der Waals surface area contributed by atoms with E-state index in [0.29, 0.717) is 31.5 Å². The molecular weight excluding hydrogens is 472 g/mol. The van der Waals surface area contributed by atoms with Crippen LogP contribution in [0.25, 0.3) is 10.9 Å². The van der Waals surface area contributed by atoms with E-state index in [1.807, 2.05) is 52.0 Å². The molecular formula is C29H36N2O6. The van der Waals surface area contributed by atoms with Crippen LogP contribution in [-0.2, 0) is 16.0 Å². The van der Waals surface area contributed by atoms with Crippen LogP contribution in [0.15, 0.2) is 42.6 Å². The minimum Gasteiger partial charge on any atom is -0.496 e. The van der Waals surface area contributed by atoms with Crippen molar-refractivity contribution in [3.63, 3.8) is 0 Å². The molecule has 3 aromatic rings. The number of aromatic nitrogens is 1. The molecule has 8 heteroatoms. The van der Waals surface area contributed by atoms with E-state index in [1.54, 1.807) is 30.0 Å². The van der Waals surface area contributed by atoms with E-state index in [0.717, 1.165) is 33.3 Å². The Kier molecular flexibility index (Phi) is 7.62. The Morgan fingerprint density at radius 2 is 1.81 bits per heavy atom. The number of piperidine rings is 1. The fourth-order valence-electron chi connectivity index (χ4n) is 5.07. The van der Waals surface area contributed by atoms with Gasteiger partial charge in [0.1, 0.15) is 11.4 Å². The SMILES string of the molecule is COC(=O)c1ccc([C@@H]2CC(O)CCN2Cc2c(OC)cc(C)c3c2ccn3C(=O)OC(C)(C)C)cc1. The Labute approximate surface area is 217 Å². The Morgan fingerprint density at radius 3 is 2.43 bits per heavy atom. The van der Waals surface area contributed by atoms with Gasteiger partial charge >= 0.3 is 12.1 Å². The lowest BCUT2D eigenvalue weighted by atomic mass is 9.91. The number of likely N-dealkylation sites (tertiary alicyclic amines) is 1. The van der Waals surface area contributed by atoms with Crippen LogP contribution < -0.4 is 4.74 Å². The summed E-state index contributed by atoms with van der Waals surface area (Å²) in [6.45, 7) is 8.75. The van der Waals surface area contributed by atoms with E-state index in [-0.39, 0.29) is 12.0 Å². The van der Waals surface area contributed by atoms with Crippen molar-refractivity contribution in [3.8, 4) is 5.75 Å². The van der Waals surface area contributed by atoms with Gasteiger partial charge in [-0.05, 0) is 75.9 Å². The van der Waals surface area contributed by atoms with E-state index in [9.17, 15) is 14.7 Å². The molecule has 1 aliphatic rings. The minimum atomic E-state index is -0.609. The van der Waals surface area contributed by atoms with Crippen LogP contribution in [0.2, 0.25) is 0 Å². The number of rotatable bonds is 5. The topological polar surface area (TPSA) is 90.2 Å². The van der Waals surface area contributed by atoms with Gasteiger partial charge in [0.15, 0.2) is 0 Å². The fraction of sp³-hybridized carbons (Fsp3) is 0.448. The summed E-state index contributed by atoms with van der Waals surface area (Å²) in [6, 6.07) is 11.2. The quantitative estimate of drug-likeness (QED) is 0.472. The zero-order valence-electron chi connectivity index (χ0n) is 22.4. The number of aliphatic hydroxyl groups excluding tert-OH is 1. The molecule has 2 heterocycles. The summed E-state index contributed by atoms with van der Waals surface area (Å²) in [5.74, 6) is 0.367. The number of aliphatic hydroxyl groups is 1. The molecule has 1 fully saturated rings. The number of hydrogen-bond donors (Lipinski definition) is 1. The molecule has 1 unspecified atom stereocenters. The van der Waals surface area contributed by atoms with E-state index in [2.05, 4.69) is 4.90 Å². The molecule has 1 saturated heterocycles. The number of nitrogens with zero attached hydrogens (tertiary/aromatic N) is 2. The van der Waals surface area contributed by atoms with Crippen molar-refractivity contribution in [2.45, 2.75) is 64.8 Å². The van der Waals surface area contributed by atoms with E-state index >= 15 is 0 Å². The van der Waals surface area contributed by atoms with Crippen LogP contribution in [0, 0.1) is 6.92 Å². The lowest BCUT2D eigenvalue weighted by Gasteiger charge is -2.38. The number of esters is 1. The summed E-state index contributed by atoms with van der Waals surface area (Å²) in [5, 5.41) is 11.4. The number of hydrogen-bond acceptors (Lipinski definition) is 7. The van der Waals surface area contributed by atoms with Crippen LogP contribution in [-0.4, -0.2) is 59.1 Å². The van der Waals surface area contributed by atoms with Gasteiger partial charge in [-0.1, -0.05) is 12.1 Å². The molecule has 2 aromatic carbocycles. The second-order valence-electron chi connectivity index (χ2n) is 10.6. The fourth-order valence-corrected chi connectivity index (χ4v) is 5.07. The third kappa shape index (κ3) is 5.65. The molecule has 0 saturated carbocycles. The normalized spacial score (nSPS) is 18.6. The first-order valence-corrected chi connectivity index (χ1v) is 12.5. The molecule has 0 bridgehead atoms. The van der Waals surface area contributed by atoms with Crippen molar-refractivity contribution >= 4 is 23.0 Å². The first-order chi connectivity index (χ1) is 17.5.